The number of ether oxygens (including phenoxy) is 1. The zero-order valence-electron chi connectivity index (χ0n) is 11.9. The Morgan fingerprint density at radius 2 is 2.05 bits per heavy atom. The van der Waals surface area contributed by atoms with Gasteiger partial charge in [-0.2, -0.15) is 5.26 Å². The molecule has 0 aliphatic rings. The summed E-state index contributed by atoms with van der Waals surface area (Å²) in [5.74, 6) is 0.168. The molecule has 2 rings (SSSR count). The molecular formula is C17H16FNO2. The van der Waals surface area contributed by atoms with Gasteiger partial charge in [-0.25, -0.2) is 4.39 Å². The van der Waals surface area contributed by atoms with Crippen LogP contribution < -0.4 is 4.74 Å². The van der Waals surface area contributed by atoms with Gasteiger partial charge in [0.15, 0.2) is 0 Å². The minimum Gasteiger partial charge on any atom is -0.489 e. The molecule has 0 aromatic heterocycles. The summed E-state index contributed by atoms with van der Waals surface area (Å²) in [4.78, 5) is 0. The molecule has 0 aliphatic heterocycles. The quantitative estimate of drug-likeness (QED) is 0.933. The van der Waals surface area contributed by atoms with Crippen LogP contribution in [0, 0.1) is 24.1 Å². The van der Waals surface area contributed by atoms with Crippen LogP contribution >= 0.6 is 0 Å². The number of benzene rings is 2. The number of nitrogens with zero attached hydrogens (tertiary/aromatic N) is 1. The lowest BCUT2D eigenvalue weighted by molar-refractivity contribution is 0.199. The maximum atomic E-state index is 13.2. The standard InChI is InChI=1S/C17H16FNO2/c1-11-7-14(12(2)20)4-6-17(11)21-10-13-3-5-16(18)15(8-13)9-19/h3-8,12,20H,10H2,1-2H3/t12-/m1/s1. The molecule has 0 saturated carbocycles. The molecule has 3 nitrogen and oxygen atoms in total. The van der Waals surface area contributed by atoms with Crippen LogP contribution in [0.15, 0.2) is 36.4 Å². The molecule has 0 bridgehead atoms. The molecule has 1 N–H and O–H groups in total. The maximum absolute atomic E-state index is 13.2. The van der Waals surface area contributed by atoms with E-state index in [1.807, 2.05) is 13.0 Å². The van der Waals surface area contributed by atoms with Crippen molar-refractivity contribution >= 4 is 0 Å². The van der Waals surface area contributed by atoms with E-state index in [1.165, 1.54) is 12.1 Å². The van der Waals surface area contributed by atoms with Gasteiger partial charge < -0.3 is 9.84 Å². The van der Waals surface area contributed by atoms with Crippen molar-refractivity contribution in [3.05, 3.63) is 64.5 Å². The summed E-state index contributed by atoms with van der Waals surface area (Å²) in [6.45, 7) is 3.85. The highest BCUT2D eigenvalue weighted by Gasteiger charge is 2.07. The molecule has 0 saturated heterocycles. The average molecular weight is 285 g/mol. The molecule has 4 heteroatoms. The molecular weight excluding hydrogens is 269 g/mol. The number of aryl methyl sites for hydroxylation is 1. The second-order valence-corrected chi connectivity index (χ2v) is 4.92. The maximum Gasteiger partial charge on any atom is 0.140 e. The predicted octanol–water partition coefficient (Wildman–Crippen LogP) is 3.64. The average Bonchev–Trinajstić information content (AvgIpc) is 2.47. The highest BCUT2D eigenvalue weighted by molar-refractivity contribution is 5.38. The summed E-state index contributed by atoms with van der Waals surface area (Å²) in [7, 11) is 0. The van der Waals surface area contributed by atoms with Crippen molar-refractivity contribution in [3.63, 3.8) is 0 Å². The lowest BCUT2D eigenvalue weighted by Crippen LogP contribution is -2.00. The Labute approximate surface area is 123 Å². The smallest absolute Gasteiger partial charge is 0.140 e. The normalized spacial score (nSPS) is 11.8. The summed E-state index contributed by atoms with van der Waals surface area (Å²) in [5, 5.41) is 18.3. The van der Waals surface area contributed by atoms with Crippen molar-refractivity contribution in [2.75, 3.05) is 0 Å². The van der Waals surface area contributed by atoms with Gasteiger partial charge in [-0.3, -0.25) is 0 Å². The molecule has 0 radical (unpaired) electrons. The van der Waals surface area contributed by atoms with Gasteiger partial charge in [0.05, 0.1) is 11.7 Å². The number of aliphatic hydroxyl groups excluding tert-OH is 1. The minimum atomic E-state index is -0.529. The van der Waals surface area contributed by atoms with Crippen LogP contribution in [0.2, 0.25) is 0 Å². The van der Waals surface area contributed by atoms with Gasteiger partial charge in [-0.05, 0) is 54.8 Å². The third-order valence-electron chi connectivity index (χ3n) is 3.23. The van der Waals surface area contributed by atoms with Crippen LogP contribution in [0.1, 0.15) is 35.3 Å². The summed E-state index contributed by atoms with van der Waals surface area (Å²) in [5.41, 5.74) is 2.48. The Bertz CT molecular complexity index is 690. The van der Waals surface area contributed by atoms with Crippen LogP contribution in [-0.2, 0) is 6.61 Å². The van der Waals surface area contributed by atoms with Crippen molar-refractivity contribution in [3.8, 4) is 11.8 Å². The van der Waals surface area contributed by atoms with Crippen LogP contribution in [0.4, 0.5) is 4.39 Å². The summed E-state index contributed by atoms with van der Waals surface area (Å²) < 4.78 is 18.9. The highest BCUT2D eigenvalue weighted by atomic mass is 19.1. The Kier molecular flexibility index (Phi) is 4.56. The zero-order valence-corrected chi connectivity index (χ0v) is 11.9. The molecule has 1 atom stereocenters. The Hall–Kier alpha value is -2.38. The van der Waals surface area contributed by atoms with Crippen molar-refractivity contribution in [2.45, 2.75) is 26.6 Å². The predicted molar refractivity (Wildman–Crippen MR) is 77.3 cm³/mol. The van der Waals surface area contributed by atoms with Crippen molar-refractivity contribution < 1.29 is 14.2 Å². The second-order valence-electron chi connectivity index (χ2n) is 4.92. The van der Waals surface area contributed by atoms with E-state index in [4.69, 9.17) is 10.00 Å². The van der Waals surface area contributed by atoms with E-state index >= 15 is 0 Å². The second kappa shape index (κ2) is 6.38. The van der Waals surface area contributed by atoms with Gasteiger partial charge in [-0.15, -0.1) is 0 Å². The largest absolute Gasteiger partial charge is 0.489 e. The minimum absolute atomic E-state index is 0.0114. The Morgan fingerprint density at radius 1 is 1.29 bits per heavy atom. The van der Waals surface area contributed by atoms with Crippen molar-refractivity contribution in [1.29, 1.82) is 5.26 Å². The van der Waals surface area contributed by atoms with E-state index in [2.05, 4.69) is 0 Å². The molecule has 0 spiro atoms. The fourth-order valence-electron chi connectivity index (χ4n) is 2.00. The molecule has 0 fully saturated rings. The molecule has 0 heterocycles. The van der Waals surface area contributed by atoms with E-state index in [-0.39, 0.29) is 12.2 Å². The molecule has 0 aliphatic carbocycles. The summed E-state index contributed by atoms with van der Waals surface area (Å²) >= 11 is 0. The summed E-state index contributed by atoms with van der Waals surface area (Å²) in [6.07, 6.45) is -0.520. The number of halogens is 1. The Morgan fingerprint density at radius 3 is 2.67 bits per heavy atom. The first-order valence-electron chi connectivity index (χ1n) is 6.61. The van der Waals surface area contributed by atoms with Crippen molar-refractivity contribution in [1.82, 2.24) is 0 Å². The number of aliphatic hydroxyl groups is 1. The van der Waals surface area contributed by atoms with Crippen LogP contribution in [-0.4, -0.2) is 5.11 Å². The van der Waals surface area contributed by atoms with Gasteiger partial charge in [0, 0.05) is 0 Å². The molecule has 2 aromatic rings. The van der Waals surface area contributed by atoms with Gasteiger partial charge in [0.2, 0.25) is 0 Å². The molecule has 0 unspecified atom stereocenters. The van der Waals surface area contributed by atoms with E-state index < -0.39 is 11.9 Å². The topological polar surface area (TPSA) is 53.2 Å². The van der Waals surface area contributed by atoms with E-state index in [0.717, 1.165) is 16.7 Å². The first-order valence-corrected chi connectivity index (χ1v) is 6.61. The lowest BCUT2D eigenvalue weighted by atomic mass is 10.1. The van der Waals surface area contributed by atoms with Crippen LogP contribution in [0.5, 0.6) is 5.75 Å². The summed E-state index contributed by atoms with van der Waals surface area (Å²) in [6, 6.07) is 11.6. The van der Waals surface area contributed by atoms with E-state index in [0.29, 0.717) is 5.75 Å². The Balaban J connectivity index is 2.12. The highest BCUT2D eigenvalue weighted by Crippen LogP contribution is 2.23. The van der Waals surface area contributed by atoms with E-state index in [9.17, 15) is 9.50 Å². The van der Waals surface area contributed by atoms with Gasteiger partial charge in [-0.1, -0.05) is 12.1 Å². The zero-order chi connectivity index (χ0) is 15.4. The van der Waals surface area contributed by atoms with Gasteiger partial charge >= 0.3 is 0 Å². The first-order chi connectivity index (χ1) is 10.0. The fourth-order valence-corrected chi connectivity index (χ4v) is 2.00. The number of hydrogen-bond acceptors (Lipinski definition) is 3. The van der Waals surface area contributed by atoms with E-state index in [1.54, 1.807) is 31.2 Å². The SMILES string of the molecule is Cc1cc([C@@H](C)O)ccc1OCc1ccc(F)c(C#N)c1. The monoisotopic (exact) mass is 285 g/mol. The molecule has 2 aromatic carbocycles. The number of nitriles is 1. The lowest BCUT2D eigenvalue weighted by Gasteiger charge is -2.12. The first kappa shape index (κ1) is 15.0. The third kappa shape index (κ3) is 3.59. The number of hydrogen-bond donors (Lipinski definition) is 1. The van der Waals surface area contributed by atoms with Crippen LogP contribution in [0.25, 0.3) is 0 Å². The van der Waals surface area contributed by atoms with Crippen molar-refractivity contribution in [2.24, 2.45) is 0 Å². The fraction of sp³-hybridized carbons (Fsp3) is 0.235. The third-order valence-corrected chi connectivity index (χ3v) is 3.23. The van der Waals surface area contributed by atoms with Gasteiger partial charge in [0.25, 0.3) is 0 Å². The molecule has 0 amide bonds. The molecule has 108 valence electrons. The molecule has 21 heavy (non-hydrogen) atoms. The number of rotatable bonds is 4. The van der Waals surface area contributed by atoms with Crippen LogP contribution in [0.3, 0.4) is 0 Å². The van der Waals surface area contributed by atoms with Gasteiger partial charge in [0.1, 0.15) is 24.2 Å².